The molecule has 0 fully saturated rings. The fraction of sp³-hybridized carbons (Fsp3) is 0.435. The maximum Gasteiger partial charge on any atom is 0.244 e. The minimum Gasteiger partial charge on any atom is -0.357 e. The molecule has 0 aliphatic heterocycles. The van der Waals surface area contributed by atoms with Crippen molar-refractivity contribution in [2.45, 2.75) is 32.6 Å². The molecule has 6 nitrogen and oxygen atoms in total. The van der Waals surface area contributed by atoms with E-state index < -0.39 is 0 Å². The van der Waals surface area contributed by atoms with Gasteiger partial charge in [-0.1, -0.05) is 32.0 Å². The lowest BCUT2D eigenvalue weighted by molar-refractivity contribution is -0.128. The highest BCUT2D eigenvalue weighted by Crippen LogP contribution is 2.22. The van der Waals surface area contributed by atoms with Crippen LogP contribution in [-0.2, 0) is 16.6 Å². The van der Waals surface area contributed by atoms with Gasteiger partial charge in [-0.25, -0.2) is 9.38 Å². The molecule has 1 aromatic heterocycles. The number of pyridine rings is 1. The largest absolute Gasteiger partial charge is 0.357 e. The number of rotatable bonds is 9. The number of aromatic nitrogens is 1. The van der Waals surface area contributed by atoms with E-state index in [9.17, 15) is 9.18 Å². The number of halogens is 1. The molecule has 7 heteroatoms. The Hall–Kier alpha value is -2.96. The SMILES string of the molecule is CCNC(=NCC(=O)N(C)CCc1ccccn1)NCC(C)(C)c1cccc(F)c1. The molecule has 0 unspecified atom stereocenters. The number of amides is 1. The van der Waals surface area contributed by atoms with Gasteiger partial charge in [0.05, 0.1) is 0 Å². The van der Waals surface area contributed by atoms with Gasteiger partial charge in [-0.3, -0.25) is 9.78 Å². The Morgan fingerprint density at radius 1 is 1.20 bits per heavy atom. The molecule has 0 saturated carbocycles. The lowest BCUT2D eigenvalue weighted by Gasteiger charge is -2.27. The van der Waals surface area contributed by atoms with E-state index in [-0.39, 0.29) is 23.7 Å². The molecule has 1 amide bonds. The molecular formula is C23H32FN5O. The lowest BCUT2D eigenvalue weighted by Crippen LogP contribution is -2.44. The normalized spacial score (nSPS) is 11.8. The summed E-state index contributed by atoms with van der Waals surface area (Å²) in [4.78, 5) is 22.8. The maximum absolute atomic E-state index is 13.6. The van der Waals surface area contributed by atoms with Crippen molar-refractivity contribution in [3.8, 4) is 0 Å². The second-order valence-corrected chi connectivity index (χ2v) is 7.83. The summed E-state index contributed by atoms with van der Waals surface area (Å²) in [5.41, 5.74) is 1.55. The van der Waals surface area contributed by atoms with Crippen molar-refractivity contribution in [3.63, 3.8) is 0 Å². The van der Waals surface area contributed by atoms with Crippen molar-refractivity contribution < 1.29 is 9.18 Å². The first-order chi connectivity index (χ1) is 14.3. The number of carbonyl (C=O) groups excluding carboxylic acids is 1. The molecular weight excluding hydrogens is 381 g/mol. The Bertz CT molecular complexity index is 838. The topological polar surface area (TPSA) is 69.6 Å². The van der Waals surface area contributed by atoms with Gasteiger partial charge in [0.1, 0.15) is 12.4 Å². The fourth-order valence-corrected chi connectivity index (χ4v) is 2.88. The Balaban J connectivity index is 1.90. The average molecular weight is 414 g/mol. The number of hydrogen-bond acceptors (Lipinski definition) is 3. The highest BCUT2D eigenvalue weighted by atomic mass is 19.1. The van der Waals surface area contributed by atoms with Gasteiger partial charge in [0, 0.05) is 50.4 Å². The summed E-state index contributed by atoms with van der Waals surface area (Å²) in [6, 6.07) is 12.4. The van der Waals surface area contributed by atoms with Crippen LogP contribution in [0.15, 0.2) is 53.7 Å². The minimum absolute atomic E-state index is 0.0500. The van der Waals surface area contributed by atoms with Crippen LogP contribution in [0, 0.1) is 5.82 Å². The first-order valence-electron chi connectivity index (χ1n) is 10.2. The van der Waals surface area contributed by atoms with E-state index in [0.717, 1.165) is 11.3 Å². The van der Waals surface area contributed by atoms with Crippen LogP contribution in [0.25, 0.3) is 0 Å². The summed E-state index contributed by atoms with van der Waals surface area (Å²) in [7, 11) is 1.77. The van der Waals surface area contributed by atoms with E-state index >= 15 is 0 Å². The monoisotopic (exact) mass is 413 g/mol. The minimum atomic E-state index is -0.304. The van der Waals surface area contributed by atoms with Gasteiger partial charge >= 0.3 is 0 Å². The number of nitrogens with zero attached hydrogens (tertiary/aromatic N) is 3. The summed E-state index contributed by atoms with van der Waals surface area (Å²) < 4.78 is 13.6. The van der Waals surface area contributed by atoms with Gasteiger partial charge < -0.3 is 15.5 Å². The molecule has 1 aromatic carbocycles. The van der Waals surface area contributed by atoms with Crippen LogP contribution >= 0.6 is 0 Å². The number of carbonyl (C=O) groups is 1. The van der Waals surface area contributed by atoms with Gasteiger partial charge in [-0.2, -0.15) is 0 Å². The summed E-state index contributed by atoms with van der Waals surface area (Å²) in [6.45, 7) is 7.90. The standard InChI is InChI=1S/C23H32FN5O/c1-5-25-22(28-17-23(2,3)18-9-8-10-19(24)15-18)27-16-21(30)29(4)14-12-20-11-6-7-13-26-20/h6-11,13,15H,5,12,14,16-17H2,1-4H3,(H2,25,27,28). The second-order valence-electron chi connectivity index (χ2n) is 7.83. The van der Waals surface area contributed by atoms with Crippen molar-refractivity contribution >= 4 is 11.9 Å². The first-order valence-corrected chi connectivity index (χ1v) is 10.2. The van der Waals surface area contributed by atoms with Crippen LogP contribution in [0.5, 0.6) is 0 Å². The molecule has 2 aromatic rings. The molecule has 2 rings (SSSR count). The molecule has 0 aliphatic carbocycles. The van der Waals surface area contributed by atoms with Gasteiger partial charge in [-0.15, -0.1) is 0 Å². The van der Waals surface area contributed by atoms with Crippen molar-refractivity contribution in [3.05, 3.63) is 65.7 Å². The zero-order valence-corrected chi connectivity index (χ0v) is 18.3. The summed E-state index contributed by atoms with van der Waals surface area (Å²) in [6.07, 6.45) is 2.45. The predicted octanol–water partition coefficient (Wildman–Crippen LogP) is 2.75. The van der Waals surface area contributed by atoms with E-state index in [1.807, 2.05) is 45.0 Å². The van der Waals surface area contributed by atoms with Crippen LogP contribution in [0.4, 0.5) is 4.39 Å². The number of nitrogens with one attached hydrogen (secondary N) is 2. The molecule has 2 N–H and O–H groups in total. The highest BCUT2D eigenvalue weighted by molar-refractivity contribution is 5.84. The summed E-state index contributed by atoms with van der Waals surface area (Å²) in [5.74, 6) is 0.251. The van der Waals surface area contributed by atoms with E-state index in [1.165, 1.54) is 6.07 Å². The predicted molar refractivity (Wildman–Crippen MR) is 119 cm³/mol. The van der Waals surface area contributed by atoms with E-state index in [2.05, 4.69) is 20.6 Å². The number of aliphatic imine (C=N–C) groups is 1. The smallest absolute Gasteiger partial charge is 0.244 e. The molecule has 162 valence electrons. The number of benzene rings is 1. The van der Waals surface area contributed by atoms with E-state index in [0.29, 0.717) is 32.0 Å². The molecule has 30 heavy (non-hydrogen) atoms. The molecule has 0 atom stereocenters. The van der Waals surface area contributed by atoms with Crippen LogP contribution in [-0.4, -0.2) is 55.0 Å². The highest BCUT2D eigenvalue weighted by Gasteiger charge is 2.21. The Labute approximate surface area is 178 Å². The number of hydrogen-bond donors (Lipinski definition) is 2. The lowest BCUT2D eigenvalue weighted by atomic mass is 9.84. The van der Waals surface area contributed by atoms with E-state index in [4.69, 9.17) is 0 Å². The van der Waals surface area contributed by atoms with E-state index in [1.54, 1.807) is 30.3 Å². The molecule has 0 spiro atoms. The number of guanidine groups is 1. The van der Waals surface area contributed by atoms with Crippen LogP contribution in [0.1, 0.15) is 32.0 Å². The summed E-state index contributed by atoms with van der Waals surface area (Å²) in [5, 5.41) is 6.42. The quantitative estimate of drug-likeness (QED) is 0.490. The molecule has 1 heterocycles. The van der Waals surface area contributed by atoms with Crippen LogP contribution < -0.4 is 10.6 Å². The second kappa shape index (κ2) is 11.3. The van der Waals surface area contributed by atoms with Gasteiger partial charge in [0.15, 0.2) is 5.96 Å². The zero-order valence-electron chi connectivity index (χ0n) is 18.3. The maximum atomic E-state index is 13.6. The third-order valence-electron chi connectivity index (χ3n) is 4.88. The number of likely N-dealkylation sites (N-methyl/N-ethyl adjacent to an activating group) is 1. The van der Waals surface area contributed by atoms with Crippen LogP contribution in [0.2, 0.25) is 0 Å². The molecule has 0 radical (unpaired) electrons. The van der Waals surface area contributed by atoms with Crippen molar-refractivity contribution in [1.29, 1.82) is 0 Å². The first kappa shape index (κ1) is 23.3. The average Bonchev–Trinajstić information content (AvgIpc) is 2.74. The Kier molecular flexibility index (Phi) is 8.77. The van der Waals surface area contributed by atoms with Gasteiger partial charge in [-0.05, 0) is 36.8 Å². The third kappa shape index (κ3) is 7.46. The Morgan fingerprint density at radius 3 is 2.67 bits per heavy atom. The Morgan fingerprint density at radius 2 is 2.00 bits per heavy atom. The van der Waals surface area contributed by atoms with Crippen molar-refractivity contribution in [1.82, 2.24) is 20.5 Å². The third-order valence-corrected chi connectivity index (χ3v) is 4.88. The summed E-state index contributed by atoms with van der Waals surface area (Å²) >= 11 is 0. The van der Waals surface area contributed by atoms with Crippen molar-refractivity contribution in [2.24, 2.45) is 4.99 Å². The zero-order chi connectivity index (χ0) is 22.0. The van der Waals surface area contributed by atoms with Gasteiger partial charge in [0.2, 0.25) is 5.91 Å². The molecule has 0 saturated heterocycles. The molecule has 0 bridgehead atoms. The van der Waals surface area contributed by atoms with Crippen LogP contribution in [0.3, 0.4) is 0 Å². The fourth-order valence-electron chi connectivity index (χ4n) is 2.88. The van der Waals surface area contributed by atoms with Crippen molar-refractivity contribution in [2.75, 3.05) is 33.2 Å². The molecule has 0 aliphatic rings. The van der Waals surface area contributed by atoms with Gasteiger partial charge in [0.25, 0.3) is 0 Å².